The standard InChI is InChI=1S/C27H38N4O2S2/c1-3-5-6-7-8-9-10-11-12-14-19-31-26(33)22(35-27(31)34)20-21-24(28-17-4-2)29-23-16-13-15-18-30(23)25(21)32/h13,15-16,18,20,28H,3-12,14,17,19H2,1-2H3/b22-20+. The van der Waals surface area contributed by atoms with E-state index in [1.807, 2.05) is 6.07 Å². The van der Waals surface area contributed by atoms with Gasteiger partial charge in [-0.15, -0.1) is 0 Å². The highest BCUT2D eigenvalue weighted by Crippen LogP contribution is 2.33. The molecule has 0 aromatic carbocycles. The second kappa shape index (κ2) is 14.4. The molecule has 8 heteroatoms. The van der Waals surface area contributed by atoms with Crippen LogP contribution >= 0.6 is 24.0 Å². The van der Waals surface area contributed by atoms with Gasteiger partial charge in [-0.25, -0.2) is 4.98 Å². The summed E-state index contributed by atoms with van der Waals surface area (Å²) in [4.78, 5) is 33.1. The molecule has 1 aliphatic heterocycles. The third-order valence-electron chi connectivity index (χ3n) is 6.20. The highest BCUT2D eigenvalue weighted by molar-refractivity contribution is 8.26. The lowest BCUT2D eigenvalue weighted by atomic mass is 10.1. The Morgan fingerprint density at radius 2 is 1.66 bits per heavy atom. The summed E-state index contributed by atoms with van der Waals surface area (Å²) < 4.78 is 2.07. The molecule has 0 radical (unpaired) electrons. The summed E-state index contributed by atoms with van der Waals surface area (Å²) in [5.41, 5.74) is 0.762. The van der Waals surface area contributed by atoms with Crippen molar-refractivity contribution >= 4 is 51.7 Å². The van der Waals surface area contributed by atoms with Crippen molar-refractivity contribution in [3.8, 4) is 0 Å². The molecule has 1 amide bonds. The quantitative estimate of drug-likeness (QED) is 0.163. The van der Waals surface area contributed by atoms with Crippen LogP contribution in [-0.2, 0) is 4.79 Å². The van der Waals surface area contributed by atoms with Gasteiger partial charge in [-0.2, -0.15) is 0 Å². The average molecular weight is 515 g/mol. The second-order valence-corrected chi connectivity index (χ2v) is 10.7. The van der Waals surface area contributed by atoms with Crippen LogP contribution in [0.15, 0.2) is 34.1 Å². The summed E-state index contributed by atoms with van der Waals surface area (Å²) in [6.07, 6.45) is 16.7. The zero-order chi connectivity index (χ0) is 25.0. The van der Waals surface area contributed by atoms with Gasteiger partial charge in [0.15, 0.2) is 0 Å². The van der Waals surface area contributed by atoms with Crippen LogP contribution in [-0.4, -0.2) is 37.6 Å². The summed E-state index contributed by atoms with van der Waals surface area (Å²) in [5.74, 6) is 0.387. The number of nitrogens with zero attached hydrogens (tertiary/aromatic N) is 3. The highest BCUT2D eigenvalue weighted by Gasteiger charge is 2.32. The Labute approximate surface area is 218 Å². The molecule has 3 rings (SSSR count). The van der Waals surface area contributed by atoms with E-state index in [0.717, 1.165) is 19.3 Å². The number of fused-ring (bicyclic) bond motifs is 1. The van der Waals surface area contributed by atoms with Crippen molar-refractivity contribution in [2.75, 3.05) is 18.4 Å². The molecule has 1 saturated heterocycles. The number of carbonyl (C=O) groups is 1. The lowest BCUT2D eigenvalue weighted by molar-refractivity contribution is -0.122. The molecule has 190 valence electrons. The first-order chi connectivity index (χ1) is 17.1. The number of pyridine rings is 1. The number of nitrogens with one attached hydrogen (secondary N) is 1. The SMILES string of the molecule is CCCCCCCCCCCCN1C(=O)/C(=C\c2c(NCCC)nc3ccccn3c2=O)SC1=S. The molecule has 0 unspecified atom stereocenters. The largest absolute Gasteiger partial charge is 0.369 e. The number of thiocarbonyl (C=S) groups is 1. The zero-order valence-corrected chi connectivity index (χ0v) is 22.7. The van der Waals surface area contributed by atoms with Gasteiger partial charge in [-0.1, -0.05) is 102 Å². The van der Waals surface area contributed by atoms with E-state index in [1.54, 1.807) is 29.3 Å². The van der Waals surface area contributed by atoms with Crippen LogP contribution in [0.3, 0.4) is 0 Å². The molecule has 3 heterocycles. The van der Waals surface area contributed by atoms with Gasteiger partial charge >= 0.3 is 0 Å². The fourth-order valence-electron chi connectivity index (χ4n) is 4.19. The lowest BCUT2D eigenvalue weighted by Crippen LogP contribution is -2.29. The minimum Gasteiger partial charge on any atom is -0.369 e. The Morgan fingerprint density at radius 1 is 0.971 bits per heavy atom. The third kappa shape index (κ3) is 7.64. The summed E-state index contributed by atoms with van der Waals surface area (Å²) in [6.45, 7) is 5.63. The monoisotopic (exact) mass is 514 g/mol. The smallest absolute Gasteiger partial charge is 0.267 e. The van der Waals surface area contributed by atoms with Crippen LogP contribution in [0.2, 0.25) is 0 Å². The number of hydrogen-bond donors (Lipinski definition) is 1. The third-order valence-corrected chi connectivity index (χ3v) is 7.57. The molecule has 0 atom stereocenters. The number of anilines is 1. The van der Waals surface area contributed by atoms with E-state index in [1.165, 1.54) is 67.5 Å². The van der Waals surface area contributed by atoms with E-state index in [0.29, 0.717) is 39.3 Å². The van der Waals surface area contributed by atoms with E-state index in [4.69, 9.17) is 12.2 Å². The topological polar surface area (TPSA) is 66.7 Å². The van der Waals surface area contributed by atoms with Crippen molar-refractivity contribution in [3.63, 3.8) is 0 Å². The molecule has 35 heavy (non-hydrogen) atoms. The maximum absolute atomic E-state index is 13.2. The molecule has 0 saturated carbocycles. The molecule has 0 aliphatic carbocycles. The van der Waals surface area contributed by atoms with Crippen LogP contribution in [0.1, 0.15) is 90.0 Å². The van der Waals surface area contributed by atoms with Crippen molar-refractivity contribution in [2.24, 2.45) is 0 Å². The van der Waals surface area contributed by atoms with Gasteiger partial charge in [0, 0.05) is 19.3 Å². The summed E-state index contributed by atoms with van der Waals surface area (Å²) in [7, 11) is 0. The van der Waals surface area contributed by atoms with Crippen LogP contribution < -0.4 is 10.9 Å². The average Bonchev–Trinajstić information content (AvgIpc) is 3.13. The summed E-state index contributed by atoms with van der Waals surface area (Å²) in [5, 5.41) is 3.24. The number of hydrogen-bond acceptors (Lipinski definition) is 6. The first-order valence-corrected chi connectivity index (χ1v) is 14.3. The molecular formula is C27H38N4O2S2. The fraction of sp³-hybridized carbons (Fsp3) is 0.556. The van der Waals surface area contributed by atoms with E-state index in [2.05, 4.69) is 24.1 Å². The van der Waals surface area contributed by atoms with Crippen LogP contribution in [0, 0.1) is 0 Å². The van der Waals surface area contributed by atoms with Gasteiger partial charge in [-0.3, -0.25) is 18.9 Å². The van der Waals surface area contributed by atoms with Gasteiger partial charge in [0.1, 0.15) is 15.8 Å². The van der Waals surface area contributed by atoms with Gasteiger partial charge in [0.2, 0.25) is 0 Å². The molecule has 2 aromatic rings. The Kier molecular flexibility index (Phi) is 11.3. The highest BCUT2D eigenvalue weighted by atomic mass is 32.2. The number of unbranched alkanes of at least 4 members (excludes halogenated alkanes) is 9. The van der Waals surface area contributed by atoms with Crippen LogP contribution in [0.25, 0.3) is 11.7 Å². The first-order valence-electron chi connectivity index (χ1n) is 13.1. The molecule has 2 aromatic heterocycles. The number of carbonyl (C=O) groups excluding carboxylic acids is 1. The van der Waals surface area contributed by atoms with E-state index >= 15 is 0 Å². The first kappa shape index (κ1) is 27.4. The number of rotatable bonds is 15. The predicted molar refractivity (Wildman–Crippen MR) is 152 cm³/mol. The Bertz CT molecular complexity index is 1100. The number of thioether (sulfide) groups is 1. The van der Waals surface area contributed by atoms with Gasteiger partial charge in [0.25, 0.3) is 11.5 Å². The van der Waals surface area contributed by atoms with Crippen LogP contribution in [0.4, 0.5) is 5.82 Å². The van der Waals surface area contributed by atoms with Gasteiger partial charge in [0.05, 0.1) is 10.5 Å². The maximum Gasteiger partial charge on any atom is 0.267 e. The van der Waals surface area contributed by atoms with E-state index in [-0.39, 0.29) is 11.5 Å². The van der Waals surface area contributed by atoms with Gasteiger partial charge in [-0.05, 0) is 31.1 Å². The molecule has 1 aliphatic rings. The Morgan fingerprint density at radius 3 is 2.34 bits per heavy atom. The molecule has 6 nitrogen and oxygen atoms in total. The summed E-state index contributed by atoms with van der Waals surface area (Å²) >= 11 is 6.78. The Balaban J connectivity index is 1.60. The minimum absolute atomic E-state index is 0.116. The van der Waals surface area contributed by atoms with Crippen molar-refractivity contribution < 1.29 is 4.79 Å². The second-order valence-electron chi connectivity index (χ2n) is 9.05. The number of aromatic nitrogens is 2. The van der Waals surface area contributed by atoms with Crippen molar-refractivity contribution in [2.45, 2.75) is 84.5 Å². The molecule has 1 N–H and O–H groups in total. The van der Waals surface area contributed by atoms with E-state index < -0.39 is 0 Å². The zero-order valence-electron chi connectivity index (χ0n) is 21.1. The van der Waals surface area contributed by atoms with Crippen LogP contribution in [0.5, 0.6) is 0 Å². The lowest BCUT2D eigenvalue weighted by Gasteiger charge is -2.14. The molecule has 0 spiro atoms. The molecule has 1 fully saturated rings. The molecule has 0 bridgehead atoms. The van der Waals surface area contributed by atoms with Gasteiger partial charge < -0.3 is 5.32 Å². The summed E-state index contributed by atoms with van der Waals surface area (Å²) in [6, 6.07) is 5.45. The number of amides is 1. The van der Waals surface area contributed by atoms with Crippen molar-refractivity contribution in [1.29, 1.82) is 0 Å². The minimum atomic E-state index is -0.200. The molecular weight excluding hydrogens is 476 g/mol. The van der Waals surface area contributed by atoms with Crippen molar-refractivity contribution in [1.82, 2.24) is 14.3 Å². The normalized spacial score (nSPS) is 15.0. The van der Waals surface area contributed by atoms with E-state index in [9.17, 15) is 9.59 Å². The van der Waals surface area contributed by atoms with Crippen molar-refractivity contribution in [3.05, 3.63) is 45.2 Å². The predicted octanol–water partition coefficient (Wildman–Crippen LogP) is 6.64. The Hall–Kier alpha value is -2.19. The maximum atomic E-state index is 13.2. The fourth-order valence-corrected chi connectivity index (χ4v) is 5.48.